The average Bonchev–Trinajstić information content (AvgIpc) is 2.81. The number of nitrogens with zero attached hydrogens (tertiary/aromatic N) is 2. The molecule has 1 unspecified atom stereocenters. The minimum Gasteiger partial charge on any atom is -0.478 e. The van der Waals surface area contributed by atoms with Gasteiger partial charge in [-0.3, -0.25) is 14.5 Å². The van der Waals surface area contributed by atoms with Crippen LogP contribution in [0.15, 0.2) is 49.1 Å². The third kappa shape index (κ3) is 5.20. The summed E-state index contributed by atoms with van der Waals surface area (Å²) in [5.74, 6) is 0.605. The number of benzene rings is 2. The van der Waals surface area contributed by atoms with Gasteiger partial charge in [0.15, 0.2) is 6.10 Å². The maximum Gasteiger partial charge on any atom is 0.265 e. The number of allylic oxidation sites excluding steroid dienone is 1. The van der Waals surface area contributed by atoms with Crippen LogP contribution in [0.4, 0.5) is 11.4 Å². The molecule has 0 saturated carbocycles. The zero-order valence-electron chi connectivity index (χ0n) is 19.4. The van der Waals surface area contributed by atoms with Gasteiger partial charge in [-0.2, -0.15) is 0 Å². The molecule has 33 heavy (non-hydrogen) atoms. The minimum atomic E-state index is -0.491. The van der Waals surface area contributed by atoms with E-state index in [-0.39, 0.29) is 11.8 Å². The molecule has 0 spiro atoms. The number of hydrogen-bond donors (Lipinski definition) is 2. The number of fused-ring (bicyclic) bond motifs is 1. The number of nitrogens with one attached hydrogen (secondary N) is 2. The highest BCUT2D eigenvalue weighted by atomic mass is 16.5. The summed E-state index contributed by atoms with van der Waals surface area (Å²) >= 11 is 0. The molecular weight excluding hydrogens is 416 g/mol. The Labute approximate surface area is 195 Å². The molecule has 0 aliphatic carbocycles. The summed E-state index contributed by atoms with van der Waals surface area (Å²) in [6.07, 6.45) is 2.06. The number of anilines is 2. The van der Waals surface area contributed by atoms with E-state index >= 15 is 0 Å². The first kappa shape index (κ1) is 22.9. The lowest BCUT2D eigenvalue weighted by Crippen LogP contribution is -2.46. The summed E-state index contributed by atoms with van der Waals surface area (Å²) in [5.41, 5.74) is 4.78. The van der Waals surface area contributed by atoms with Crippen molar-refractivity contribution in [1.29, 1.82) is 0 Å². The molecule has 2 N–H and O–H groups in total. The first-order valence-electron chi connectivity index (χ1n) is 11.6. The van der Waals surface area contributed by atoms with Crippen LogP contribution in [-0.4, -0.2) is 55.5 Å². The molecule has 0 bridgehead atoms. The molecule has 7 heteroatoms. The van der Waals surface area contributed by atoms with Crippen LogP contribution in [0, 0.1) is 0 Å². The third-order valence-electron chi connectivity index (χ3n) is 6.12. The Kier molecular flexibility index (Phi) is 6.99. The molecule has 0 radical (unpaired) electrons. The van der Waals surface area contributed by atoms with Crippen LogP contribution >= 0.6 is 0 Å². The highest BCUT2D eigenvalue weighted by molar-refractivity contribution is 5.98. The van der Waals surface area contributed by atoms with Crippen molar-refractivity contribution in [3.63, 3.8) is 0 Å². The second-order valence-corrected chi connectivity index (χ2v) is 8.54. The van der Waals surface area contributed by atoms with Crippen LogP contribution in [0.1, 0.15) is 35.3 Å². The fourth-order valence-electron chi connectivity index (χ4n) is 4.36. The number of ether oxygens (including phenoxy) is 1. The van der Waals surface area contributed by atoms with Gasteiger partial charge in [0.1, 0.15) is 5.75 Å². The molecule has 0 aromatic heterocycles. The largest absolute Gasteiger partial charge is 0.478 e. The molecule has 1 atom stereocenters. The van der Waals surface area contributed by atoms with E-state index in [4.69, 9.17) is 4.74 Å². The molecule has 2 aromatic rings. The van der Waals surface area contributed by atoms with Gasteiger partial charge in [-0.05, 0) is 56.2 Å². The predicted molar refractivity (Wildman–Crippen MR) is 131 cm³/mol. The summed E-state index contributed by atoms with van der Waals surface area (Å²) in [6.45, 7) is 12.7. The Morgan fingerprint density at radius 1 is 1.21 bits per heavy atom. The second-order valence-electron chi connectivity index (χ2n) is 8.54. The van der Waals surface area contributed by atoms with Crippen molar-refractivity contribution in [2.75, 3.05) is 42.9 Å². The predicted octanol–water partition coefficient (Wildman–Crippen LogP) is 3.21. The SMILES string of the molecule is C=CCc1cc(CN2CCN(c3ccc(C(=O)NCC)cc3)CC2)cc2c1OC(C)C(=O)N2. The van der Waals surface area contributed by atoms with Gasteiger partial charge in [0.2, 0.25) is 0 Å². The highest BCUT2D eigenvalue weighted by Crippen LogP contribution is 2.35. The molecule has 1 saturated heterocycles. The monoisotopic (exact) mass is 448 g/mol. The molecule has 2 aliphatic heterocycles. The molecule has 2 heterocycles. The van der Waals surface area contributed by atoms with Gasteiger partial charge in [-0.15, -0.1) is 6.58 Å². The molecule has 2 aliphatic rings. The number of carbonyl (C=O) groups excluding carboxylic acids is 2. The summed E-state index contributed by atoms with van der Waals surface area (Å²) in [7, 11) is 0. The van der Waals surface area contributed by atoms with Crippen molar-refractivity contribution in [2.24, 2.45) is 0 Å². The van der Waals surface area contributed by atoms with E-state index in [1.807, 2.05) is 43.3 Å². The Morgan fingerprint density at radius 2 is 1.94 bits per heavy atom. The number of amides is 2. The number of hydrogen-bond acceptors (Lipinski definition) is 5. The zero-order valence-corrected chi connectivity index (χ0v) is 19.4. The standard InChI is InChI=1S/C26H32N4O3/c1-4-6-21-15-19(16-23-24(21)33-18(3)25(31)28-23)17-29-11-13-30(14-12-29)22-9-7-20(8-10-22)26(32)27-5-2/h4,7-10,15-16,18H,1,5-6,11-14,17H2,2-3H3,(H,27,32)(H,28,31). The maximum atomic E-state index is 12.1. The number of carbonyl (C=O) groups is 2. The fraction of sp³-hybridized carbons (Fsp3) is 0.385. The van der Waals surface area contributed by atoms with Crippen LogP contribution in [0.3, 0.4) is 0 Å². The van der Waals surface area contributed by atoms with Gasteiger partial charge in [0.05, 0.1) is 5.69 Å². The average molecular weight is 449 g/mol. The summed E-state index contributed by atoms with van der Waals surface area (Å²) in [5, 5.41) is 5.81. The lowest BCUT2D eigenvalue weighted by atomic mass is 10.0. The first-order chi connectivity index (χ1) is 16.0. The molecule has 174 valence electrons. The van der Waals surface area contributed by atoms with Gasteiger partial charge >= 0.3 is 0 Å². The van der Waals surface area contributed by atoms with E-state index in [0.717, 1.165) is 61.0 Å². The van der Waals surface area contributed by atoms with Gasteiger partial charge in [0, 0.05) is 56.1 Å². The van der Waals surface area contributed by atoms with Crippen molar-refractivity contribution in [3.05, 3.63) is 65.7 Å². The zero-order chi connectivity index (χ0) is 23.4. The van der Waals surface area contributed by atoms with Crippen molar-refractivity contribution in [3.8, 4) is 5.75 Å². The van der Waals surface area contributed by atoms with Gasteiger partial charge < -0.3 is 20.3 Å². The summed E-state index contributed by atoms with van der Waals surface area (Å²) < 4.78 is 5.87. The van der Waals surface area contributed by atoms with Crippen LogP contribution in [-0.2, 0) is 17.8 Å². The number of piperazine rings is 1. The van der Waals surface area contributed by atoms with Crippen LogP contribution in [0.2, 0.25) is 0 Å². The van der Waals surface area contributed by atoms with E-state index in [1.165, 1.54) is 0 Å². The lowest BCUT2D eigenvalue weighted by Gasteiger charge is -2.36. The normalized spacial score (nSPS) is 18.2. The fourth-order valence-corrected chi connectivity index (χ4v) is 4.36. The molecule has 2 aromatic carbocycles. The van der Waals surface area contributed by atoms with E-state index in [1.54, 1.807) is 6.92 Å². The van der Waals surface area contributed by atoms with E-state index in [2.05, 4.69) is 33.1 Å². The highest BCUT2D eigenvalue weighted by Gasteiger charge is 2.26. The van der Waals surface area contributed by atoms with Crippen molar-refractivity contribution in [2.45, 2.75) is 32.9 Å². The van der Waals surface area contributed by atoms with E-state index < -0.39 is 6.10 Å². The van der Waals surface area contributed by atoms with Crippen molar-refractivity contribution < 1.29 is 14.3 Å². The van der Waals surface area contributed by atoms with Crippen molar-refractivity contribution in [1.82, 2.24) is 10.2 Å². The number of rotatable bonds is 7. The Balaban J connectivity index is 1.39. The smallest absolute Gasteiger partial charge is 0.265 e. The van der Waals surface area contributed by atoms with Gasteiger partial charge in [-0.25, -0.2) is 0 Å². The molecular formula is C26H32N4O3. The quantitative estimate of drug-likeness (QED) is 0.637. The van der Waals surface area contributed by atoms with Crippen LogP contribution in [0.5, 0.6) is 5.75 Å². The Bertz CT molecular complexity index is 1010. The van der Waals surface area contributed by atoms with Crippen LogP contribution in [0.25, 0.3) is 0 Å². The van der Waals surface area contributed by atoms with Gasteiger partial charge in [-0.1, -0.05) is 12.1 Å². The maximum absolute atomic E-state index is 12.1. The third-order valence-corrected chi connectivity index (χ3v) is 6.12. The van der Waals surface area contributed by atoms with E-state index in [9.17, 15) is 9.59 Å². The first-order valence-corrected chi connectivity index (χ1v) is 11.6. The van der Waals surface area contributed by atoms with E-state index in [0.29, 0.717) is 18.5 Å². The molecule has 1 fully saturated rings. The topological polar surface area (TPSA) is 73.9 Å². The molecule has 7 nitrogen and oxygen atoms in total. The molecule has 4 rings (SSSR count). The second kappa shape index (κ2) is 10.1. The lowest BCUT2D eigenvalue weighted by molar-refractivity contribution is -0.122. The van der Waals surface area contributed by atoms with Crippen LogP contribution < -0.4 is 20.3 Å². The summed E-state index contributed by atoms with van der Waals surface area (Å²) in [4.78, 5) is 28.8. The Hall–Kier alpha value is -3.32. The molecule has 2 amide bonds. The summed E-state index contributed by atoms with van der Waals surface area (Å²) in [6, 6.07) is 12.0. The van der Waals surface area contributed by atoms with Crippen molar-refractivity contribution >= 4 is 23.2 Å². The van der Waals surface area contributed by atoms with Gasteiger partial charge in [0.25, 0.3) is 11.8 Å². The minimum absolute atomic E-state index is 0.0363. The Morgan fingerprint density at radius 3 is 2.61 bits per heavy atom.